The maximum absolute atomic E-state index is 12.9. The molecule has 2 aliphatic heterocycles. The van der Waals surface area contributed by atoms with Crippen LogP contribution in [0.5, 0.6) is 0 Å². The first-order valence-electron chi connectivity index (χ1n) is 9.35. The summed E-state index contributed by atoms with van der Waals surface area (Å²) in [6.45, 7) is 3.36. The predicted octanol–water partition coefficient (Wildman–Crippen LogP) is 1.50. The van der Waals surface area contributed by atoms with Gasteiger partial charge in [-0.15, -0.1) is 0 Å². The molecule has 26 heavy (non-hydrogen) atoms. The average molecular weight is 380 g/mol. The zero-order valence-corrected chi connectivity index (χ0v) is 16.5. The molecule has 2 aliphatic rings. The summed E-state index contributed by atoms with van der Waals surface area (Å²) in [5.74, 6) is 0.781. The highest BCUT2D eigenvalue weighted by Gasteiger charge is 2.38. The lowest BCUT2D eigenvalue weighted by Gasteiger charge is -2.36. The monoisotopic (exact) mass is 379 g/mol. The average Bonchev–Trinajstić information content (AvgIpc) is 2.78. The van der Waals surface area contributed by atoms with Crippen LogP contribution < -0.4 is 0 Å². The Kier molecular flexibility index (Phi) is 5.99. The van der Waals surface area contributed by atoms with E-state index in [4.69, 9.17) is 0 Å². The van der Waals surface area contributed by atoms with Gasteiger partial charge in [0.25, 0.3) is 0 Å². The van der Waals surface area contributed by atoms with Crippen LogP contribution in [0.2, 0.25) is 0 Å². The Morgan fingerprint density at radius 1 is 1.08 bits per heavy atom. The molecular formula is C19H29N3O3S. The number of sulfonamides is 1. The molecule has 2 atom stereocenters. The lowest BCUT2D eigenvalue weighted by molar-refractivity contribution is -0.131. The molecule has 0 aliphatic carbocycles. The fourth-order valence-electron chi connectivity index (χ4n) is 3.96. The SMILES string of the molecule is CN(C)CCN1CC[C@H]2CN(S(=O)(=O)c3ccccc3)CC[C@H]2CC1=O. The first-order valence-corrected chi connectivity index (χ1v) is 10.8. The minimum Gasteiger partial charge on any atom is -0.341 e. The van der Waals surface area contributed by atoms with Gasteiger partial charge in [0, 0.05) is 39.1 Å². The number of fused-ring (bicyclic) bond motifs is 1. The van der Waals surface area contributed by atoms with Gasteiger partial charge in [0.1, 0.15) is 0 Å². The lowest BCUT2D eigenvalue weighted by atomic mass is 9.83. The summed E-state index contributed by atoms with van der Waals surface area (Å²) in [7, 11) is 0.572. The second kappa shape index (κ2) is 8.06. The maximum atomic E-state index is 12.9. The van der Waals surface area contributed by atoms with Crippen LogP contribution in [0.25, 0.3) is 0 Å². The third-order valence-electron chi connectivity index (χ3n) is 5.61. The van der Waals surface area contributed by atoms with Gasteiger partial charge in [-0.1, -0.05) is 18.2 Å². The molecule has 0 unspecified atom stereocenters. The van der Waals surface area contributed by atoms with Crippen molar-refractivity contribution >= 4 is 15.9 Å². The zero-order chi connectivity index (χ0) is 18.7. The van der Waals surface area contributed by atoms with E-state index in [0.717, 1.165) is 32.5 Å². The molecule has 0 aromatic heterocycles. The number of carbonyl (C=O) groups is 1. The third kappa shape index (κ3) is 4.27. The number of carbonyl (C=O) groups excluding carboxylic acids is 1. The number of piperidine rings is 1. The van der Waals surface area contributed by atoms with Crippen molar-refractivity contribution in [1.82, 2.24) is 14.1 Å². The van der Waals surface area contributed by atoms with Gasteiger partial charge in [-0.3, -0.25) is 4.79 Å². The molecule has 7 heteroatoms. The van der Waals surface area contributed by atoms with Gasteiger partial charge in [0.2, 0.25) is 15.9 Å². The summed E-state index contributed by atoms with van der Waals surface area (Å²) in [5.41, 5.74) is 0. The molecule has 144 valence electrons. The Labute approximate surface area is 156 Å². The van der Waals surface area contributed by atoms with Crippen molar-refractivity contribution in [3.8, 4) is 0 Å². The van der Waals surface area contributed by atoms with Crippen LogP contribution in [0.4, 0.5) is 0 Å². The van der Waals surface area contributed by atoms with Crippen LogP contribution in [-0.4, -0.2) is 75.2 Å². The topological polar surface area (TPSA) is 60.9 Å². The van der Waals surface area contributed by atoms with E-state index >= 15 is 0 Å². The summed E-state index contributed by atoms with van der Waals surface area (Å²) in [6, 6.07) is 8.64. The van der Waals surface area contributed by atoms with Crippen LogP contribution >= 0.6 is 0 Å². The molecule has 0 radical (unpaired) electrons. The highest BCUT2D eigenvalue weighted by atomic mass is 32.2. The molecule has 1 aromatic rings. The van der Waals surface area contributed by atoms with Crippen LogP contribution in [0.1, 0.15) is 19.3 Å². The number of nitrogens with zero attached hydrogens (tertiary/aromatic N) is 3. The Bertz CT molecular complexity index is 721. The number of likely N-dealkylation sites (tertiary alicyclic amines) is 1. The number of benzene rings is 1. The first-order chi connectivity index (χ1) is 12.4. The molecule has 0 bridgehead atoms. The van der Waals surface area contributed by atoms with E-state index < -0.39 is 10.0 Å². The van der Waals surface area contributed by atoms with Gasteiger partial charge < -0.3 is 9.80 Å². The Hall–Kier alpha value is -1.44. The standard InChI is InChI=1S/C19H29N3O3S/c1-20(2)12-13-21-10-8-17-15-22(11-9-16(17)14-19(21)23)26(24,25)18-6-4-3-5-7-18/h3-7,16-17H,8-15H2,1-2H3/t16-,17-/m0/s1. The number of likely N-dealkylation sites (N-methyl/N-ethyl adjacent to an activating group) is 1. The Morgan fingerprint density at radius 2 is 1.77 bits per heavy atom. The summed E-state index contributed by atoms with van der Waals surface area (Å²) < 4.78 is 27.4. The first kappa shape index (κ1) is 19.3. The minimum absolute atomic E-state index is 0.221. The molecule has 2 saturated heterocycles. The molecule has 2 fully saturated rings. The summed E-state index contributed by atoms with van der Waals surface area (Å²) in [6.07, 6.45) is 2.20. The van der Waals surface area contributed by atoms with Crippen LogP contribution in [0, 0.1) is 11.8 Å². The van der Waals surface area contributed by atoms with Crippen molar-refractivity contribution in [2.75, 3.05) is 46.8 Å². The molecule has 6 nitrogen and oxygen atoms in total. The minimum atomic E-state index is -3.44. The third-order valence-corrected chi connectivity index (χ3v) is 7.49. The lowest BCUT2D eigenvalue weighted by Crippen LogP contribution is -2.43. The smallest absolute Gasteiger partial charge is 0.243 e. The maximum Gasteiger partial charge on any atom is 0.243 e. The van der Waals surface area contributed by atoms with E-state index in [9.17, 15) is 13.2 Å². The summed E-state index contributed by atoms with van der Waals surface area (Å²) >= 11 is 0. The Morgan fingerprint density at radius 3 is 2.46 bits per heavy atom. The molecule has 0 N–H and O–H groups in total. The van der Waals surface area contributed by atoms with E-state index in [1.165, 1.54) is 0 Å². The largest absolute Gasteiger partial charge is 0.341 e. The van der Waals surface area contributed by atoms with Crippen molar-refractivity contribution in [2.24, 2.45) is 11.8 Å². The van der Waals surface area contributed by atoms with Crippen LogP contribution in [0.15, 0.2) is 35.2 Å². The molecule has 2 heterocycles. The molecule has 1 amide bonds. The summed E-state index contributed by atoms with van der Waals surface area (Å²) in [4.78, 5) is 16.9. The number of hydrogen-bond donors (Lipinski definition) is 0. The van der Waals surface area contributed by atoms with Crippen molar-refractivity contribution in [3.63, 3.8) is 0 Å². The predicted molar refractivity (Wildman–Crippen MR) is 101 cm³/mol. The second-order valence-corrected chi connectivity index (χ2v) is 9.60. The van der Waals surface area contributed by atoms with Crippen molar-refractivity contribution in [3.05, 3.63) is 30.3 Å². The number of rotatable bonds is 5. The molecule has 1 aromatic carbocycles. The van der Waals surface area contributed by atoms with E-state index in [0.29, 0.717) is 30.3 Å². The fraction of sp³-hybridized carbons (Fsp3) is 0.632. The van der Waals surface area contributed by atoms with E-state index in [2.05, 4.69) is 4.90 Å². The highest BCUT2D eigenvalue weighted by molar-refractivity contribution is 7.89. The molecule has 3 rings (SSSR count). The van der Waals surface area contributed by atoms with Gasteiger partial charge in [0.15, 0.2) is 0 Å². The zero-order valence-electron chi connectivity index (χ0n) is 15.7. The van der Waals surface area contributed by atoms with Crippen molar-refractivity contribution in [1.29, 1.82) is 0 Å². The Balaban J connectivity index is 1.68. The highest BCUT2D eigenvalue weighted by Crippen LogP contribution is 2.34. The summed E-state index contributed by atoms with van der Waals surface area (Å²) in [5, 5.41) is 0. The molecule has 0 saturated carbocycles. The quantitative estimate of drug-likeness (QED) is 0.778. The van der Waals surface area contributed by atoms with Gasteiger partial charge in [0.05, 0.1) is 4.90 Å². The van der Waals surface area contributed by atoms with E-state index in [1.54, 1.807) is 28.6 Å². The number of amides is 1. The normalized spacial score (nSPS) is 25.2. The number of hydrogen-bond acceptors (Lipinski definition) is 4. The van der Waals surface area contributed by atoms with Crippen molar-refractivity contribution < 1.29 is 13.2 Å². The van der Waals surface area contributed by atoms with Crippen molar-refractivity contribution in [2.45, 2.75) is 24.2 Å². The van der Waals surface area contributed by atoms with Crippen LogP contribution in [-0.2, 0) is 14.8 Å². The van der Waals surface area contributed by atoms with E-state index in [-0.39, 0.29) is 11.8 Å². The second-order valence-electron chi connectivity index (χ2n) is 7.66. The van der Waals surface area contributed by atoms with Crippen LogP contribution in [0.3, 0.4) is 0 Å². The van der Waals surface area contributed by atoms with E-state index in [1.807, 2.05) is 25.1 Å². The fourth-order valence-corrected chi connectivity index (χ4v) is 5.49. The van der Waals surface area contributed by atoms with Gasteiger partial charge in [-0.05, 0) is 50.9 Å². The molecule has 0 spiro atoms. The molecular weight excluding hydrogens is 350 g/mol. The van der Waals surface area contributed by atoms with Gasteiger partial charge in [-0.2, -0.15) is 4.31 Å². The van der Waals surface area contributed by atoms with Gasteiger partial charge >= 0.3 is 0 Å². The van der Waals surface area contributed by atoms with Gasteiger partial charge in [-0.25, -0.2) is 8.42 Å².